The molecule has 2 aromatic carbocycles. The minimum atomic E-state index is -4.63. The number of benzene rings is 2. The monoisotopic (exact) mass is 491 g/mol. The maximum Gasteiger partial charge on any atom is 0.416 e. The van der Waals surface area contributed by atoms with E-state index in [0.717, 1.165) is 27.6 Å². The van der Waals surface area contributed by atoms with Crippen molar-refractivity contribution in [2.75, 3.05) is 4.90 Å². The molecule has 0 saturated heterocycles. The Labute approximate surface area is 182 Å². The average Bonchev–Trinajstić information content (AvgIpc) is 3.35. The van der Waals surface area contributed by atoms with E-state index in [-0.39, 0.29) is 17.0 Å². The quantitative estimate of drug-likeness (QED) is 0.465. The first kappa shape index (κ1) is 20.9. The Balaban J connectivity index is 1.88. The van der Waals surface area contributed by atoms with Gasteiger partial charge in [-0.1, -0.05) is 34.1 Å². The molecule has 1 N–H and O–H groups in total. The number of anilines is 1. The Morgan fingerprint density at radius 1 is 1.06 bits per heavy atom. The number of halogens is 4. The number of hydrogen-bond donors (Lipinski definition) is 1. The number of rotatable bonds is 4. The normalized spacial score (nSPS) is 16.8. The lowest BCUT2D eigenvalue weighted by atomic mass is 9.95. The van der Waals surface area contributed by atoms with Crippen molar-refractivity contribution in [3.63, 3.8) is 0 Å². The first-order valence-electron chi connectivity index (χ1n) is 8.96. The number of carbonyl (C=O) groups excluding carboxylic acids is 2. The summed E-state index contributed by atoms with van der Waals surface area (Å²) in [6.45, 7) is 0. The van der Waals surface area contributed by atoms with Crippen LogP contribution in [0.3, 0.4) is 0 Å². The van der Waals surface area contributed by atoms with Crippen molar-refractivity contribution in [2.45, 2.75) is 12.2 Å². The minimum absolute atomic E-state index is 0.109. The molecule has 1 unspecified atom stereocenters. The number of furan rings is 1. The van der Waals surface area contributed by atoms with Crippen molar-refractivity contribution in [1.29, 1.82) is 0 Å². The molecule has 0 spiro atoms. The van der Waals surface area contributed by atoms with E-state index in [0.29, 0.717) is 5.56 Å². The number of ketones is 1. The SMILES string of the molecule is O=C(C1=C(O)C(=O)N(c2cccc(C(F)(F)F)c2)C1c1ccc(Br)cc1)c1ccco1. The predicted octanol–water partition coefficient (Wildman–Crippen LogP) is 5.84. The van der Waals surface area contributed by atoms with Gasteiger partial charge in [-0.15, -0.1) is 0 Å². The Bertz CT molecular complexity index is 1180. The van der Waals surface area contributed by atoms with Crippen LogP contribution in [0.5, 0.6) is 0 Å². The van der Waals surface area contributed by atoms with Crippen molar-refractivity contribution >= 4 is 33.3 Å². The molecule has 0 bridgehead atoms. The van der Waals surface area contributed by atoms with Crippen molar-refractivity contribution in [2.24, 2.45) is 0 Å². The molecule has 31 heavy (non-hydrogen) atoms. The molecule has 1 aromatic heterocycles. The summed E-state index contributed by atoms with van der Waals surface area (Å²) in [5.41, 5.74) is -0.924. The van der Waals surface area contributed by atoms with E-state index in [4.69, 9.17) is 4.42 Å². The third-order valence-corrected chi connectivity index (χ3v) is 5.36. The minimum Gasteiger partial charge on any atom is -0.503 e. The molecule has 3 aromatic rings. The van der Waals surface area contributed by atoms with Gasteiger partial charge in [0, 0.05) is 10.2 Å². The summed E-state index contributed by atoms with van der Waals surface area (Å²) < 4.78 is 45.6. The van der Waals surface area contributed by atoms with Gasteiger partial charge in [-0.25, -0.2) is 0 Å². The lowest BCUT2D eigenvalue weighted by Crippen LogP contribution is -2.31. The van der Waals surface area contributed by atoms with Gasteiger partial charge >= 0.3 is 6.18 Å². The van der Waals surface area contributed by atoms with Crippen LogP contribution in [-0.4, -0.2) is 16.8 Å². The van der Waals surface area contributed by atoms with Gasteiger partial charge in [0.1, 0.15) is 0 Å². The van der Waals surface area contributed by atoms with Crippen molar-refractivity contribution in [3.05, 3.63) is 99.6 Å². The second-order valence-corrected chi connectivity index (χ2v) is 7.66. The molecule has 0 saturated carbocycles. The van der Waals surface area contributed by atoms with Crippen LogP contribution in [0.2, 0.25) is 0 Å². The number of hydrogen-bond acceptors (Lipinski definition) is 4. The second-order valence-electron chi connectivity index (χ2n) is 6.75. The molecule has 1 amide bonds. The van der Waals surface area contributed by atoms with E-state index in [2.05, 4.69) is 15.9 Å². The van der Waals surface area contributed by atoms with Gasteiger partial charge in [-0.05, 0) is 48.0 Å². The highest BCUT2D eigenvalue weighted by molar-refractivity contribution is 9.10. The van der Waals surface area contributed by atoms with Crippen LogP contribution in [0.25, 0.3) is 0 Å². The van der Waals surface area contributed by atoms with Crippen LogP contribution < -0.4 is 4.90 Å². The number of aliphatic hydroxyl groups excluding tert-OH is 1. The molecule has 4 rings (SSSR count). The fourth-order valence-corrected chi connectivity index (χ4v) is 3.70. The van der Waals surface area contributed by atoms with Crippen molar-refractivity contribution in [3.8, 4) is 0 Å². The number of alkyl halides is 3. The van der Waals surface area contributed by atoms with Gasteiger partial charge in [-0.3, -0.25) is 14.5 Å². The highest BCUT2D eigenvalue weighted by Crippen LogP contribution is 2.43. The Morgan fingerprint density at radius 2 is 1.77 bits per heavy atom. The summed E-state index contributed by atoms with van der Waals surface area (Å²) in [5, 5.41) is 10.6. The van der Waals surface area contributed by atoms with Gasteiger partial charge in [-0.2, -0.15) is 13.2 Å². The Morgan fingerprint density at radius 3 is 2.39 bits per heavy atom. The zero-order valence-electron chi connectivity index (χ0n) is 15.6. The zero-order chi connectivity index (χ0) is 22.3. The summed E-state index contributed by atoms with van der Waals surface area (Å²) in [5.74, 6) is -2.67. The summed E-state index contributed by atoms with van der Waals surface area (Å²) in [4.78, 5) is 27.0. The zero-order valence-corrected chi connectivity index (χ0v) is 17.1. The highest BCUT2D eigenvalue weighted by Gasteiger charge is 2.45. The largest absolute Gasteiger partial charge is 0.503 e. The van der Waals surface area contributed by atoms with Gasteiger partial charge in [0.2, 0.25) is 5.78 Å². The molecule has 1 aliphatic rings. The van der Waals surface area contributed by atoms with E-state index in [1.807, 2.05) is 0 Å². The van der Waals surface area contributed by atoms with Crippen LogP contribution in [0.1, 0.15) is 27.7 Å². The fraction of sp³-hybridized carbons (Fsp3) is 0.0909. The summed E-state index contributed by atoms with van der Waals surface area (Å²) in [7, 11) is 0. The summed E-state index contributed by atoms with van der Waals surface area (Å²) in [6.07, 6.45) is -3.37. The van der Waals surface area contributed by atoms with Gasteiger partial charge in [0.05, 0.1) is 23.4 Å². The number of nitrogens with zero attached hydrogens (tertiary/aromatic N) is 1. The number of aliphatic hydroxyl groups is 1. The molecule has 158 valence electrons. The third kappa shape index (κ3) is 3.76. The molecule has 9 heteroatoms. The van der Waals surface area contributed by atoms with Gasteiger partial charge < -0.3 is 9.52 Å². The van der Waals surface area contributed by atoms with Crippen molar-refractivity contribution < 1.29 is 32.3 Å². The average molecular weight is 492 g/mol. The molecule has 1 atom stereocenters. The second kappa shape index (κ2) is 7.73. The number of carbonyl (C=O) groups is 2. The van der Waals surface area contributed by atoms with E-state index in [1.165, 1.54) is 24.5 Å². The Hall–Kier alpha value is -3.33. The topological polar surface area (TPSA) is 70.8 Å². The first-order valence-corrected chi connectivity index (χ1v) is 9.75. The third-order valence-electron chi connectivity index (χ3n) is 4.84. The van der Waals surface area contributed by atoms with Crippen LogP contribution in [0, 0.1) is 0 Å². The summed E-state index contributed by atoms with van der Waals surface area (Å²) >= 11 is 3.30. The smallest absolute Gasteiger partial charge is 0.416 e. The van der Waals surface area contributed by atoms with E-state index in [1.54, 1.807) is 24.3 Å². The molecule has 5 nitrogen and oxygen atoms in total. The molecule has 1 aliphatic heterocycles. The van der Waals surface area contributed by atoms with Gasteiger partial charge in [0.15, 0.2) is 11.5 Å². The molecule has 0 aliphatic carbocycles. The fourth-order valence-electron chi connectivity index (χ4n) is 3.44. The van der Waals surface area contributed by atoms with Crippen LogP contribution in [0.15, 0.2) is 87.1 Å². The van der Waals surface area contributed by atoms with Crippen LogP contribution in [0.4, 0.5) is 18.9 Å². The van der Waals surface area contributed by atoms with Crippen LogP contribution >= 0.6 is 15.9 Å². The first-order chi connectivity index (χ1) is 14.7. The lowest BCUT2D eigenvalue weighted by molar-refractivity contribution is -0.137. The predicted molar refractivity (Wildman–Crippen MR) is 109 cm³/mol. The molecular formula is C22H13BrF3NO4. The number of amides is 1. The van der Waals surface area contributed by atoms with E-state index < -0.39 is 35.2 Å². The van der Waals surface area contributed by atoms with E-state index in [9.17, 15) is 27.9 Å². The summed E-state index contributed by atoms with van der Waals surface area (Å²) in [6, 6.07) is 12.4. The van der Waals surface area contributed by atoms with Crippen molar-refractivity contribution in [1.82, 2.24) is 0 Å². The van der Waals surface area contributed by atoms with E-state index >= 15 is 0 Å². The Kier molecular flexibility index (Phi) is 5.22. The lowest BCUT2D eigenvalue weighted by Gasteiger charge is -2.27. The molecular weight excluding hydrogens is 479 g/mol. The van der Waals surface area contributed by atoms with Gasteiger partial charge in [0.25, 0.3) is 5.91 Å². The molecule has 0 fully saturated rings. The molecule has 0 radical (unpaired) electrons. The highest BCUT2D eigenvalue weighted by atomic mass is 79.9. The van der Waals surface area contributed by atoms with Crippen LogP contribution in [-0.2, 0) is 11.0 Å². The maximum absolute atomic E-state index is 13.2. The molecule has 2 heterocycles. The maximum atomic E-state index is 13.2. The number of Topliss-reactive ketones (excluding diaryl/α,β-unsaturated/α-hetero) is 1. The standard InChI is InChI=1S/C22H13BrF3NO4/c23-14-8-6-12(7-9-14)18-17(19(28)16-5-2-10-31-16)20(29)21(30)27(18)15-4-1-3-13(11-15)22(24,25)26/h1-11,18,29H.